The van der Waals surface area contributed by atoms with Gasteiger partial charge in [-0.1, -0.05) is 0 Å². The van der Waals surface area contributed by atoms with E-state index in [1.165, 1.54) is 6.33 Å². The largest absolute Gasteiger partial charge is 0.467 e. The standard InChI is InChI=1S/C13H14N4O3/c1-3-19-12(18)10-8(2)16-13-14-7-15-17(13)11(10)9-5-4-6-20-9/h4-7,11H,3H2,1-2H3,(H,14,15,16)/t11-/m1/s1. The fourth-order valence-electron chi connectivity index (χ4n) is 2.27. The van der Waals surface area contributed by atoms with Gasteiger partial charge in [0.25, 0.3) is 0 Å². The predicted molar refractivity (Wildman–Crippen MR) is 69.8 cm³/mol. The van der Waals surface area contributed by atoms with Crippen LogP contribution in [0.3, 0.4) is 0 Å². The molecule has 3 heterocycles. The van der Waals surface area contributed by atoms with Crippen molar-refractivity contribution in [1.82, 2.24) is 14.8 Å². The maximum Gasteiger partial charge on any atom is 0.338 e. The number of esters is 1. The molecule has 20 heavy (non-hydrogen) atoms. The number of furan rings is 1. The van der Waals surface area contributed by atoms with Gasteiger partial charge in [0.1, 0.15) is 18.1 Å². The molecule has 0 amide bonds. The summed E-state index contributed by atoms with van der Waals surface area (Å²) in [6.45, 7) is 3.89. The Balaban J connectivity index is 2.12. The summed E-state index contributed by atoms with van der Waals surface area (Å²) < 4.78 is 12.2. The van der Waals surface area contributed by atoms with E-state index in [0.29, 0.717) is 29.6 Å². The summed E-state index contributed by atoms with van der Waals surface area (Å²) in [5, 5.41) is 7.21. The molecule has 1 aliphatic heterocycles. The number of anilines is 1. The van der Waals surface area contributed by atoms with Crippen molar-refractivity contribution in [2.45, 2.75) is 19.9 Å². The zero-order valence-electron chi connectivity index (χ0n) is 11.2. The molecule has 0 radical (unpaired) electrons. The fraction of sp³-hybridized carbons (Fsp3) is 0.308. The quantitative estimate of drug-likeness (QED) is 0.858. The molecule has 7 nitrogen and oxygen atoms in total. The van der Waals surface area contributed by atoms with E-state index in [9.17, 15) is 4.79 Å². The summed E-state index contributed by atoms with van der Waals surface area (Å²) in [6.07, 6.45) is 2.99. The number of hydrogen-bond acceptors (Lipinski definition) is 6. The number of aromatic nitrogens is 3. The first-order valence-corrected chi connectivity index (χ1v) is 6.30. The van der Waals surface area contributed by atoms with Gasteiger partial charge in [0.05, 0.1) is 18.4 Å². The Morgan fingerprint density at radius 1 is 1.60 bits per heavy atom. The topological polar surface area (TPSA) is 82.2 Å². The van der Waals surface area contributed by atoms with Crippen molar-refractivity contribution in [1.29, 1.82) is 0 Å². The SMILES string of the molecule is CCOC(=O)C1=C(C)Nc2ncnn2[C@@H]1c1ccco1. The number of carbonyl (C=O) groups is 1. The molecule has 2 aromatic heterocycles. The van der Waals surface area contributed by atoms with Gasteiger partial charge in [-0.05, 0) is 26.0 Å². The van der Waals surface area contributed by atoms with Gasteiger partial charge in [0.15, 0.2) is 0 Å². The van der Waals surface area contributed by atoms with E-state index < -0.39 is 6.04 Å². The Hall–Kier alpha value is -2.57. The molecule has 0 aromatic carbocycles. The third kappa shape index (κ3) is 1.87. The fourth-order valence-corrected chi connectivity index (χ4v) is 2.27. The molecule has 1 atom stereocenters. The highest BCUT2D eigenvalue weighted by atomic mass is 16.5. The first kappa shape index (κ1) is 12.5. The predicted octanol–water partition coefficient (Wildman–Crippen LogP) is 1.72. The van der Waals surface area contributed by atoms with E-state index in [-0.39, 0.29) is 5.97 Å². The second-order valence-electron chi connectivity index (χ2n) is 4.33. The van der Waals surface area contributed by atoms with Crippen LogP contribution in [0.4, 0.5) is 5.95 Å². The number of carbonyl (C=O) groups excluding carboxylic acids is 1. The van der Waals surface area contributed by atoms with E-state index >= 15 is 0 Å². The van der Waals surface area contributed by atoms with Crippen LogP contribution in [0.1, 0.15) is 25.6 Å². The minimum Gasteiger partial charge on any atom is -0.467 e. The lowest BCUT2D eigenvalue weighted by atomic mass is 10.0. The molecule has 0 saturated heterocycles. The van der Waals surface area contributed by atoms with Crippen molar-refractivity contribution < 1.29 is 13.9 Å². The van der Waals surface area contributed by atoms with Crippen molar-refractivity contribution >= 4 is 11.9 Å². The van der Waals surface area contributed by atoms with E-state index in [4.69, 9.17) is 9.15 Å². The van der Waals surface area contributed by atoms with Crippen LogP contribution in [0.15, 0.2) is 40.4 Å². The molecule has 0 fully saturated rings. The van der Waals surface area contributed by atoms with Crippen LogP contribution < -0.4 is 5.32 Å². The van der Waals surface area contributed by atoms with Crippen molar-refractivity contribution in [2.75, 3.05) is 11.9 Å². The molecule has 0 saturated carbocycles. The Kier molecular flexibility index (Phi) is 3.02. The van der Waals surface area contributed by atoms with Crippen LogP contribution in [0, 0.1) is 0 Å². The normalized spacial score (nSPS) is 17.6. The highest BCUT2D eigenvalue weighted by Crippen LogP contribution is 2.35. The molecule has 0 unspecified atom stereocenters. The van der Waals surface area contributed by atoms with Gasteiger partial charge < -0.3 is 14.5 Å². The van der Waals surface area contributed by atoms with Gasteiger partial charge in [-0.15, -0.1) is 0 Å². The number of nitrogens with zero attached hydrogens (tertiary/aromatic N) is 3. The number of fused-ring (bicyclic) bond motifs is 1. The first-order valence-electron chi connectivity index (χ1n) is 6.30. The summed E-state index contributed by atoms with van der Waals surface area (Å²) in [4.78, 5) is 16.3. The van der Waals surface area contributed by atoms with Crippen LogP contribution in [-0.4, -0.2) is 27.3 Å². The second kappa shape index (κ2) is 4.84. The van der Waals surface area contributed by atoms with Crippen molar-refractivity contribution in [3.05, 3.63) is 41.8 Å². The number of hydrogen-bond donors (Lipinski definition) is 1. The van der Waals surface area contributed by atoms with E-state index in [2.05, 4.69) is 15.4 Å². The molecule has 3 rings (SSSR count). The molecular weight excluding hydrogens is 260 g/mol. The zero-order valence-corrected chi connectivity index (χ0v) is 11.2. The monoisotopic (exact) mass is 274 g/mol. The molecule has 1 aliphatic rings. The molecular formula is C13H14N4O3. The van der Waals surface area contributed by atoms with E-state index in [0.717, 1.165) is 0 Å². The summed E-state index contributed by atoms with van der Waals surface area (Å²) in [6, 6.07) is 3.10. The lowest BCUT2D eigenvalue weighted by molar-refractivity contribution is -0.139. The summed E-state index contributed by atoms with van der Waals surface area (Å²) in [7, 11) is 0. The third-order valence-corrected chi connectivity index (χ3v) is 3.10. The minimum atomic E-state index is -0.470. The van der Waals surface area contributed by atoms with Gasteiger partial charge in [0.2, 0.25) is 5.95 Å². The van der Waals surface area contributed by atoms with Gasteiger partial charge in [-0.3, -0.25) is 0 Å². The molecule has 2 aromatic rings. The van der Waals surface area contributed by atoms with Crippen LogP contribution in [0.5, 0.6) is 0 Å². The van der Waals surface area contributed by atoms with Crippen molar-refractivity contribution in [3.63, 3.8) is 0 Å². The Bertz CT molecular complexity index is 657. The summed E-state index contributed by atoms with van der Waals surface area (Å²) in [5.74, 6) is 0.789. The second-order valence-corrected chi connectivity index (χ2v) is 4.33. The average Bonchev–Trinajstić information content (AvgIpc) is 3.07. The smallest absolute Gasteiger partial charge is 0.338 e. The molecule has 1 N–H and O–H groups in total. The van der Waals surface area contributed by atoms with Crippen molar-refractivity contribution in [2.24, 2.45) is 0 Å². The Morgan fingerprint density at radius 3 is 3.15 bits per heavy atom. The van der Waals surface area contributed by atoms with Gasteiger partial charge in [-0.2, -0.15) is 10.1 Å². The number of rotatable bonds is 3. The number of nitrogens with one attached hydrogen (secondary N) is 1. The number of allylic oxidation sites excluding steroid dienone is 1. The van der Waals surface area contributed by atoms with Crippen LogP contribution >= 0.6 is 0 Å². The maximum absolute atomic E-state index is 12.2. The van der Waals surface area contributed by atoms with Crippen LogP contribution in [0.25, 0.3) is 0 Å². The average molecular weight is 274 g/mol. The molecule has 0 aliphatic carbocycles. The first-order chi connectivity index (χ1) is 9.72. The molecule has 7 heteroatoms. The lowest BCUT2D eigenvalue weighted by Crippen LogP contribution is -2.29. The number of ether oxygens (including phenoxy) is 1. The van der Waals surface area contributed by atoms with E-state index in [1.807, 2.05) is 0 Å². The lowest BCUT2D eigenvalue weighted by Gasteiger charge is -2.26. The van der Waals surface area contributed by atoms with Crippen LogP contribution in [0.2, 0.25) is 0 Å². The van der Waals surface area contributed by atoms with Gasteiger partial charge in [-0.25, -0.2) is 9.48 Å². The van der Waals surface area contributed by atoms with E-state index in [1.54, 1.807) is 36.9 Å². The van der Waals surface area contributed by atoms with Crippen LogP contribution in [-0.2, 0) is 9.53 Å². The Morgan fingerprint density at radius 2 is 2.45 bits per heavy atom. The summed E-state index contributed by atoms with van der Waals surface area (Å²) >= 11 is 0. The third-order valence-electron chi connectivity index (χ3n) is 3.10. The minimum absolute atomic E-state index is 0.310. The van der Waals surface area contributed by atoms with Crippen molar-refractivity contribution in [3.8, 4) is 0 Å². The highest BCUT2D eigenvalue weighted by Gasteiger charge is 2.35. The van der Waals surface area contributed by atoms with Gasteiger partial charge in [0, 0.05) is 5.70 Å². The summed E-state index contributed by atoms with van der Waals surface area (Å²) in [5.41, 5.74) is 1.16. The Labute approximate surface area is 115 Å². The highest BCUT2D eigenvalue weighted by molar-refractivity contribution is 5.92. The van der Waals surface area contributed by atoms with Gasteiger partial charge >= 0.3 is 5.97 Å². The zero-order chi connectivity index (χ0) is 14.1. The molecule has 0 bridgehead atoms. The molecule has 0 spiro atoms. The maximum atomic E-state index is 12.2. The molecule has 104 valence electrons.